The molecule has 2 aliphatic heterocycles. The van der Waals surface area contributed by atoms with Crippen LogP contribution in [-0.4, -0.2) is 40.7 Å². The SMILES string of the molecule is CC1CN(C(=O)C2CSc3ccccc32)CC1C(=O)O. The number of carbonyl (C=O) groups is 2. The Bertz CT molecular complexity index is 560. The van der Waals surface area contributed by atoms with Crippen LogP contribution in [0.4, 0.5) is 0 Å². The van der Waals surface area contributed by atoms with Gasteiger partial charge in [0.25, 0.3) is 0 Å². The number of aliphatic carboxylic acids is 1. The fourth-order valence-corrected chi connectivity index (χ4v) is 4.28. The number of fused-ring (bicyclic) bond motifs is 1. The van der Waals surface area contributed by atoms with Gasteiger partial charge in [0.2, 0.25) is 5.91 Å². The van der Waals surface area contributed by atoms with Crippen LogP contribution in [0.5, 0.6) is 0 Å². The predicted molar refractivity (Wildman–Crippen MR) is 76.8 cm³/mol. The minimum atomic E-state index is -0.797. The summed E-state index contributed by atoms with van der Waals surface area (Å²) in [6.07, 6.45) is 0. The number of carboxylic acid groups (broad SMARTS) is 1. The number of likely N-dealkylation sites (tertiary alicyclic amines) is 1. The molecule has 1 N–H and O–H groups in total. The van der Waals surface area contributed by atoms with E-state index in [9.17, 15) is 9.59 Å². The Kier molecular flexibility index (Phi) is 3.46. The fourth-order valence-electron chi connectivity index (χ4n) is 3.06. The number of hydrogen-bond donors (Lipinski definition) is 1. The van der Waals surface area contributed by atoms with Gasteiger partial charge in [0, 0.05) is 23.7 Å². The van der Waals surface area contributed by atoms with Gasteiger partial charge in [-0.3, -0.25) is 9.59 Å². The molecular weight excluding hydrogens is 274 g/mol. The minimum Gasteiger partial charge on any atom is -0.481 e. The largest absolute Gasteiger partial charge is 0.481 e. The van der Waals surface area contributed by atoms with Crippen LogP contribution in [0.2, 0.25) is 0 Å². The molecular formula is C15H17NO3S. The highest BCUT2D eigenvalue weighted by Gasteiger charge is 2.40. The van der Waals surface area contributed by atoms with Gasteiger partial charge < -0.3 is 10.0 Å². The van der Waals surface area contributed by atoms with E-state index in [4.69, 9.17) is 5.11 Å². The summed E-state index contributed by atoms with van der Waals surface area (Å²) < 4.78 is 0. The first-order valence-corrected chi connectivity index (χ1v) is 7.80. The van der Waals surface area contributed by atoms with Gasteiger partial charge in [-0.15, -0.1) is 11.8 Å². The maximum absolute atomic E-state index is 12.6. The molecule has 0 aromatic heterocycles. The molecule has 106 valence electrons. The molecule has 1 saturated heterocycles. The topological polar surface area (TPSA) is 57.6 Å². The van der Waals surface area contributed by atoms with E-state index in [1.165, 1.54) is 4.90 Å². The summed E-state index contributed by atoms with van der Waals surface area (Å²) in [7, 11) is 0. The van der Waals surface area contributed by atoms with Gasteiger partial charge in [-0.25, -0.2) is 0 Å². The van der Waals surface area contributed by atoms with Crippen LogP contribution in [0.1, 0.15) is 18.4 Å². The first kappa shape index (κ1) is 13.5. The number of nitrogens with zero attached hydrogens (tertiary/aromatic N) is 1. The van der Waals surface area contributed by atoms with Crippen molar-refractivity contribution in [1.82, 2.24) is 4.90 Å². The van der Waals surface area contributed by atoms with Crippen molar-refractivity contribution in [2.75, 3.05) is 18.8 Å². The number of carboxylic acids is 1. The fraction of sp³-hybridized carbons (Fsp3) is 0.467. The quantitative estimate of drug-likeness (QED) is 0.906. The van der Waals surface area contributed by atoms with Crippen molar-refractivity contribution in [2.24, 2.45) is 11.8 Å². The maximum atomic E-state index is 12.6. The summed E-state index contributed by atoms with van der Waals surface area (Å²) in [6.45, 7) is 2.81. The minimum absolute atomic E-state index is 0.0285. The molecule has 0 saturated carbocycles. The second kappa shape index (κ2) is 5.13. The standard InChI is InChI=1S/C15H17NO3S/c1-9-6-16(7-11(9)15(18)19)14(17)12-8-20-13-5-3-2-4-10(12)13/h2-5,9,11-12H,6-8H2,1H3,(H,18,19). The Morgan fingerprint density at radius 1 is 1.30 bits per heavy atom. The van der Waals surface area contributed by atoms with E-state index >= 15 is 0 Å². The average molecular weight is 291 g/mol. The van der Waals surface area contributed by atoms with E-state index < -0.39 is 11.9 Å². The lowest BCUT2D eigenvalue weighted by Gasteiger charge is -2.20. The Labute approximate surface area is 122 Å². The van der Waals surface area contributed by atoms with Gasteiger partial charge in [0.15, 0.2) is 0 Å². The molecule has 0 spiro atoms. The Morgan fingerprint density at radius 3 is 2.75 bits per heavy atom. The van der Waals surface area contributed by atoms with Crippen LogP contribution in [-0.2, 0) is 9.59 Å². The molecule has 1 aromatic carbocycles. The predicted octanol–water partition coefficient (Wildman–Crippen LogP) is 2.05. The molecule has 5 heteroatoms. The van der Waals surface area contributed by atoms with Crippen molar-refractivity contribution in [1.29, 1.82) is 0 Å². The molecule has 1 aromatic rings. The van der Waals surface area contributed by atoms with E-state index in [2.05, 4.69) is 0 Å². The van der Waals surface area contributed by atoms with Crippen LogP contribution in [0.3, 0.4) is 0 Å². The summed E-state index contributed by atoms with van der Waals surface area (Å²) in [5, 5.41) is 9.16. The molecule has 4 nitrogen and oxygen atoms in total. The van der Waals surface area contributed by atoms with Crippen LogP contribution in [0, 0.1) is 11.8 Å². The first-order chi connectivity index (χ1) is 9.58. The van der Waals surface area contributed by atoms with Crippen molar-refractivity contribution in [2.45, 2.75) is 17.7 Å². The van der Waals surface area contributed by atoms with Gasteiger partial charge in [-0.1, -0.05) is 25.1 Å². The third-order valence-corrected chi connectivity index (χ3v) is 5.42. The third kappa shape index (κ3) is 2.20. The van der Waals surface area contributed by atoms with Crippen molar-refractivity contribution in [3.05, 3.63) is 29.8 Å². The van der Waals surface area contributed by atoms with Gasteiger partial charge in [0.1, 0.15) is 0 Å². The van der Waals surface area contributed by atoms with Gasteiger partial charge in [0.05, 0.1) is 11.8 Å². The third-order valence-electron chi connectivity index (χ3n) is 4.24. The zero-order valence-electron chi connectivity index (χ0n) is 11.3. The molecule has 0 bridgehead atoms. The molecule has 1 amide bonds. The highest BCUT2D eigenvalue weighted by atomic mass is 32.2. The normalized spacial score (nSPS) is 28.4. The van der Waals surface area contributed by atoms with Crippen molar-refractivity contribution in [3.8, 4) is 0 Å². The lowest BCUT2D eigenvalue weighted by Crippen LogP contribution is -2.34. The number of amides is 1. The van der Waals surface area contributed by atoms with Crippen LogP contribution < -0.4 is 0 Å². The van der Waals surface area contributed by atoms with Crippen molar-refractivity contribution in [3.63, 3.8) is 0 Å². The second-order valence-electron chi connectivity index (χ2n) is 5.57. The molecule has 0 radical (unpaired) electrons. The number of thioether (sulfide) groups is 1. The lowest BCUT2D eigenvalue weighted by molar-refractivity contribution is -0.142. The van der Waals surface area contributed by atoms with E-state index in [1.54, 1.807) is 16.7 Å². The van der Waals surface area contributed by atoms with Gasteiger partial charge in [-0.2, -0.15) is 0 Å². The summed E-state index contributed by atoms with van der Waals surface area (Å²) in [6, 6.07) is 7.99. The monoisotopic (exact) mass is 291 g/mol. The van der Waals surface area contributed by atoms with Gasteiger partial charge >= 0.3 is 5.97 Å². The van der Waals surface area contributed by atoms with E-state index in [-0.39, 0.29) is 17.7 Å². The molecule has 1 fully saturated rings. The highest BCUT2D eigenvalue weighted by Crippen LogP contribution is 2.41. The van der Waals surface area contributed by atoms with E-state index in [0.29, 0.717) is 13.1 Å². The van der Waals surface area contributed by atoms with E-state index in [0.717, 1.165) is 11.3 Å². The summed E-state index contributed by atoms with van der Waals surface area (Å²) in [4.78, 5) is 26.7. The van der Waals surface area contributed by atoms with Crippen molar-refractivity contribution >= 4 is 23.6 Å². The first-order valence-electron chi connectivity index (χ1n) is 6.81. The molecule has 3 atom stereocenters. The lowest BCUT2D eigenvalue weighted by atomic mass is 9.99. The summed E-state index contributed by atoms with van der Waals surface area (Å²) in [5.74, 6) is -0.465. The Hall–Kier alpha value is -1.49. The van der Waals surface area contributed by atoms with Gasteiger partial charge in [-0.05, 0) is 17.5 Å². The number of rotatable bonds is 2. The Morgan fingerprint density at radius 2 is 2.05 bits per heavy atom. The zero-order chi connectivity index (χ0) is 14.3. The average Bonchev–Trinajstić information content (AvgIpc) is 3.01. The summed E-state index contributed by atoms with van der Waals surface area (Å²) in [5.41, 5.74) is 1.09. The smallest absolute Gasteiger partial charge is 0.308 e. The molecule has 3 unspecified atom stereocenters. The Balaban J connectivity index is 1.77. The molecule has 0 aliphatic carbocycles. The molecule has 20 heavy (non-hydrogen) atoms. The molecule has 2 aliphatic rings. The second-order valence-corrected chi connectivity index (χ2v) is 6.63. The number of hydrogen-bond acceptors (Lipinski definition) is 3. The van der Waals surface area contributed by atoms with Crippen molar-refractivity contribution < 1.29 is 14.7 Å². The maximum Gasteiger partial charge on any atom is 0.308 e. The number of benzene rings is 1. The number of carbonyl (C=O) groups excluding carboxylic acids is 1. The summed E-state index contributed by atoms with van der Waals surface area (Å²) >= 11 is 1.71. The molecule has 3 rings (SSSR count). The molecule has 2 heterocycles. The van der Waals surface area contributed by atoms with Crippen LogP contribution in [0.25, 0.3) is 0 Å². The van der Waals surface area contributed by atoms with E-state index in [1.807, 2.05) is 31.2 Å². The van der Waals surface area contributed by atoms with Crippen LogP contribution in [0.15, 0.2) is 29.2 Å². The zero-order valence-corrected chi connectivity index (χ0v) is 12.1. The van der Waals surface area contributed by atoms with Crippen LogP contribution >= 0.6 is 11.8 Å². The highest BCUT2D eigenvalue weighted by molar-refractivity contribution is 7.99.